The van der Waals surface area contributed by atoms with Crippen molar-refractivity contribution in [3.63, 3.8) is 0 Å². The lowest BCUT2D eigenvalue weighted by Crippen LogP contribution is -2.28. The Morgan fingerprint density at radius 1 is 1.46 bits per heavy atom. The zero-order valence-electron chi connectivity index (χ0n) is 13.3. The van der Waals surface area contributed by atoms with Crippen molar-refractivity contribution in [1.29, 1.82) is 0 Å². The van der Waals surface area contributed by atoms with E-state index >= 15 is 0 Å². The zero-order valence-corrected chi connectivity index (χ0v) is 14.9. The molecule has 0 radical (unpaired) electrons. The van der Waals surface area contributed by atoms with Gasteiger partial charge in [0.15, 0.2) is 5.13 Å². The molecule has 1 fully saturated rings. The molecule has 1 aliphatic heterocycles. The van der Waals surface area contributed by atoms with Gasteiger partial charge in [-0.1, -0.05) is 29.8 Å². The monoisotopic (exact) mass is 363 g/mol. The van der Waals surface area contributed by atoms with Gasteiger partial charge in [0.25, 0.3) is 0 Å². The van der Waals surface area contributed by atoms with Crippen LogP contribution in [-0.4, -0.2) is 23.3 Å². The van der Waals surface area contributed by atoms with Crippen LogP contribution < -0.4 is 10.2 Å². The van der Waals surface area contributed by atoms with Gasteiger partial charge in [-0.2, -0.15) is 0 Å². The fourth-order valence-corrected chi connectivity index (χ4v) is 3.88. The van der Waals surface area contributed by atoms with Crippen LogP contribution in [0.3, 0.4) is 0 Å². The largest absolute Gasteiger partial charge is 0.349 e. The third-order valence-corrected chi connectivity index (χ3v) is 5.19. The number of carbonyl (C=O) groups is 2. The van der Waals surface area contributed by atoms with E-state index < -0.39 is 0 Å². The van der Waals surface area contributed by atoms with Crippen LogP contribution in [0, 0.1) is 0 Å². The molecule has 1 aliphatic rings. The topological polar surface area (TPSA) is 62.3 Å². The number of nitrogens with one attached hydrogen (secondary N) is 1. The first kappa shape index (κ1) is 16.9. The minimum Gasteiger partial charge on any atom is -0.349 e. The van der Waals surface area contributed by atoms with Crippen LogP contribution >= 0.6 is 22.9 Å². The number of amides is 2. The Kier molecular flexibility index (Phi) is 5.16. The van der Waals surface area contributed by atoms with Gasteiger partial charge in [0.2, 0.25) is 11.8 Å². The standard InChI is InChI=1S/C17H18ClN3O2S/c1-11(13-5-2-3-6-14(13)18)19-15(22)9-12-10-24-17(20-12)21-8-4-7-16(21)23/h2-3,5-6,10-11H,4,7-9H2,1H3,(H,19,22). The van der Waals surface area contributed by atoms with Gasteiger partial charge < -0.3 is 5.32 Å². The second kappa shape index (κ2) is 7.32. The molecular formula is C17H18ClN3O2S. The molecule has 5 nitrogen and oxygen atoms in total. The van der Waals surface area contributed by atoms with Gasteiger partial charge >= 0.3 is 0 Å². The summed E-state index contributed by atoms with van der Waals surface area (Å²) in [6.07, 6.45) is 1.63. The molecule has 1 unspecified atom stereocenters. The second-order valence-electron chi connectivity index (χ2n) is 5.76. The van der Waals surface area contributed by atoms with Crippen molar-refractivity contribution in [1.82, 2.24) is 10.3 Å². The van der Waals surface area contributed by atoms with E-state index in [2.05, 4.69) is 10.3 Å². The van der Waals surface area contributed by atoms with Gasteiger partial charge in [0.05, 0.1) is 18.2 Å². The average molecular weight is 364 g/mol. The molecule has 0 spiro atoms. The fourth-order valence-electron chi connectivity index (χ4n) is 2.71. The van der Waals surface area contributed by atoms with Gasteiger partial charge in [-0.15, -0.1) is 11.3 Å². The van der Waals surface area contributed by atoms with E-state index in [4.69, 9.17) is 11.6 Å². The van der Waals surface area contributed by atoms with E-state index in [1.165, 1.54) is 11.3 Å². The highest BCUT2D eigenvalue weighted by atomic mass is 35.5. The van der Waals surface area contributed by atoms with Gasteiger partial charge in [-0.05, 0) is 25.0 Å². The summed E-state index contributed by atoms with van der Waals surface area (Å²) in [6, 6.07) is 7.27. The summed E-state index contributed by atoms with van der Waals surface area (Å²) in [5, 5.41) is 6.08. The molecule has 0 saturated carbocycles. The third kappa shape index (κ3) is 3.76. The van der Waals surface area contributed by atoms with Gasteiger partial charge in [-0.25, -0.2) is 4.98 Å². The van der Waals surface area contributed by atoms with Gasteiger partial charge in [0.1, 0.15) is 0 Å². The Balaban J connectivity index is 1.60. The van der Waals surface area contributed by atoms with Crippen molar-refractivity contribution < 1.29 is 9.59 Å². The predicted molar refractivity (Wildman–Crippen MR) is 95.4 cm³/mol. The van der Waals surface area contributed by atoms with Crippen LogP contribution in [-0.2, 0) is 16.0 Å². The van der Waals surface area contributed by atoms with Crippen LogP contribution in [0.5, 0.6) is 0 Å². The third-order valence-electron chi connectivity index (χ3n) is 3.93. The normalized spacial score (nSPS) is 15.6. The summed E-state index contributed by atoms with van der Waals surface area (Å²) >= 11 is 7.56. The number of benzene rings is 1. The van der Waals surface area contributed by atoms with Gasteiger partial charge in [0, 0.05) is 23.4 Å². The minimum atomic E-state index is -0.176. The molecule has 1 aromatic carbocycles. The number of rotatable bonds is 5. The summed E-state index contributed by atoms with van der Waals surface area (Å²) in [5.74, 6) is -0.0142. The zero-order chi connectivity index (χ0) is 17.1. The predicted octanol–water partition coefficient (Wildman–Crippen LogP) is 3.34. The lowest BCUT2D eigenvalue weighted by Gasteiger charge is -2.15. The number of hydrogen-bond donors (Lipinski definition) is 1. The van der Waals surface area contributed by atoms with Gasteiger partial charge in [-0.3, -0.25) is 14.5 Å². The van der Waals surface area contributed by atoms with E-state index in [0.29, 0.717) is 28.8 Å². The lowest BCUT2D eigenvalue weighted by atomic mass is 10.1. The summed E-state index contributed by atoms with van der Waals surface area (Å²) in [5.41, 5.74) is 1.56. The number of halogens is 1. The maximum absolute atomic E-state index is 12.2. The number of carbonyl (C=O) groups excluding carboxylic acids is 2. The highest BCUT2D eigenvalue weighted by Gasteiger charge is 2.24. The number of thiazole rings is 1. The van der Waals surface area contributed by atoms with E-state index in [-0.39, 0.29) is 24.3 Å². The first-order valence-corrected chi connectivity index (χ1v) is 9.09. The smallest absolute Gasteiger partial charge is 0.228 e. The van der Waals surface area contributed by atoms with E-state index in [1.54, 1.807) is 11.0 Å². The molecule has 0 bridgehead atoms. The highest BCUT2D eigenvalue weighted by Crippen LogP contribution is 2.26. The molecule has 2 aromatic rings. The first-order chi connectivity index (χ1) is 11.5. The maximum Gasteiger partial charge on any atom is 0.228 e. The summed E-state index contributed by atoms with van der Waals surface area (Å²) in [7, 11) is 0. The molecule has 24 heavy (non-hydrogen) atoms. The second-order valence-corrected chi connectivity index (χ2v) is 7.00. The van der Waals surface area contributed by atoms with E-state index in [9.17, 15) is 9.59 Å². The number of aromatic nitrogens is 1. The maximum atomic E-state index is 12.2. The van der Waals surface area contributed by atoms with Crippen molar-refractivity contribution >= 4 is 39.9 Å². The SMILES string of the molecule is CC(NC(=O)Cc1csc(N2CCCC2=O)n1)c1ccccc1Cl. The molecule has 126 valence electrons. The van der Waals surface area contributed by atoms with Crippen LogP contribution in [0.2, 0.25) is 5.02 Å². The quantitative estimate of drug-likeness (QED) is 0.886. The number of anilines is 1. The Hall–Kier alpha value is -1.92. The Morgan fingerprint density at radius 2 is 2.25 bits per heavy atom. The van der Waals surface area contributed by atoms with Crippen molar-refractivity contribution in [2.45, 2.75) is 32.2 Å². The molecule has 2 amide bonds. The summed E-state index contributed by atoms with van der Waals surface area (Å²) in [4.78, 5) is 30.1. The van der Waals surface area contributed by atoms with Crippen LogP contribution in [0.1, 0.15) is 37.1 Å². The Labute approximate surface area is 149 Å². The van der Waals surface area contributed by atoms with Crippen molar-refractivity contribution in [3.05, 3.63) is 45.9 Å². The van der Waals surface area contributed by atoms with Crippen LogP contribution in [0.15, 0.2) is 29.6 Å². The van der Waals surface area contributed by atoms with Crippen molar-refractivity contribution in [3.8, 4) is 0 Å². The summed E-state index contributed by atoms with van der Waals surface area (Å²) in [6.45, 7) is 2.61. The molecule has 3 rings (SSSR count). The van der Waals surface area contributed by atoms with Crippen LogP contribution in [0.4, 0.5) is 5.13 Å². The van der Waals surface area contributed by atoms with E-state index in [1.807, 2.05) is 30.5 Å². The molecule has 2 heterocycles. The molecule has 1 saturated heterocycles. The fraction of sp³-hybridized carbons (Fsp3) is 0.353. The lowest BCUT2D eigenvalue weighted by molar-refractivity contribution is -0.121. The molecule has 1 aromatic heterocycles. The van der Waals surface area contributed by atoms with Crippen molar-refractivity contribution in [2.24, 2.45) is 0 Å². The Morgan fingerprint density at radius 3 is 2.96 bits per heavy atom. The molecule has 7 heteroatoms. The number of nitrogens with zero attached hydrogens (tertiary/aromatic N) is 2. The highest BCUT2D eigenvalue weighted by molar-refractivity contribution is 7.14. The van der Waals surface area contributed by atoms with Crippen molar-refractivity contribution in [2.75, 3.05) is 11.4 Å². The summed E-state index contributed by atoms with van der Waals surface area (Å²) < 4.78 is 0. The molecule has 0 aliphatic carbocycles. The number of hydrogen-bond acceptors (Lipinski definition) is 4. The van der Waals surface area contributed by atoms with Crippen LogP contribution in [0.25, 0.3) is 0 Å². The molecule has 1 atom stereocenters. The Bertz CT molecular complexity index is 762. The molecule has 1 N–H and O–H groups in total. The molecular weight excluding hydrogens is 346 g/mol. The minimum absolute atomic E-state index is 0.104. The van der Waals surface area contributed by atoms with E-state index in [0.717, 1.165) is 12.0 Å². The first-order valence-electron chi connectivity index (χ1n) is 7.83. The average Bonchev–Trinajstić information content (AvgIpc) is 3.16.